The van der Waals surface area contributed by atoms with E-state index in [4.69, 9.17) is 0 Å². The van der Waals surface area contributed by atoms with Crippen LogP contribution < -0.4 is 10.6 Å². The maximum absolute atomic E-state index is 13.2. The van der Waals surface area contributed by atoms with Crippen LogP contribution in [0, 0.1) is 17.6 Å². The van der Waals surface area contributed by atoms with E-state index in [2.05, 4.69) is 10.6 Å². The van der Waals surface area contributed by atoms with Crippen LogP contribution in [0.4, 0.5) is 14.5 Å². The van der Waals surface area contributed by atoms with Crippen molar-refractivity contribution in [2.45, 2.75) is 18.7 Å². The molecule has 0 atom stereocenters. The van der Waals surface area contributed by atoms with Gasteiger partial charge < -0.3 is 10.6 Å². The van der Waals surface area contributed by atoms with Gasteiger partial charge in [0, 0.05) is 11.4 Å². The molecule has 0 saturated heterocycles. The summed E-state index contributed by atoms with van der Waals surface area (Å²) in [6.07, 6.45) is 0. The highest BCUT2D eigenvalue weighted by atomic mass is 32.2. The molecule has 0 fully saturated rings. The van der Waals surface area contributed by atoms with Gasteiger partial charge in [0.15, 0.2) is 11.6 Å². The zero-order valence-corrected chi connectivity index (χ0v) is 15.3. The highest BCUT2D eigenvalue weighted by Gasteiger charge is 2.13. The van der Waals surface area contributed by atoms with Crippen LogP contribution in [-0.4, -0.2) is 24.1 Å². The van der Waals surface area contributed by atoms with Crippen molar-refractivity contribution in [3.63, 3.8) is 0 Å². The van der Waals surface area contributed by atoms with Crippen LogP contribution in [-0.2, 0) is 4.79 Å². The molecule has 2 aromatic rings. The number of nitrogens with one attached hydrogen (secondary N) is 2. The Morgan fingerprint density at radius 3 is 2.50 bits per heavy atom. The fraction of sp³-hybridized carbons (Fsp3) is 0.263. The lowest BCUT2D eigenvalue weighted by Gasteiger charge is -2.12. The summed E-state index contributed by atoms with van der Waals surface area (Å²) in [6, 6.07) is 10.2. The topological polar surface area (TPSA) is 58.2 Å². The minimum atomic E-state index is -0.956. The van der Waals surface area contributed by atoms with Gasteiger partial charge in [-0.2, -0.15) is 0 Å². The number of carbonyl (C=O) groups is 2. The van der Waals surface area contributed by atoms with Crippen molar-refractivity contribution in [2.75, 3.05) is 17.6 Å². The van der Waals surface area contributed by atoms with Gasteiger partial charge >= 0.3 is 0 Å². The van der Waals surface area contributed by atoms with E-state index in [1.165, 1.54) is 6.07 Å². The smallest absolute Gasteiger partial charge is 0.253 e. The van der Waals surface area contributed by atoms with Gasteiger partial charge in [-0.05, 0) is 36.2 Å². The van der Waals surface area contributed by atoms with E-state index in [-0.39, 0.29) is 17.6 Å². The molecular formula is C19H20F2N2O2S. The summed E-state index contributed by atoms with van der Waals surface area (Å²) in [7, 11) is 0. The molecule has 2 amide bonds. The first-order valence-corrected chi connectivity index (χ1v) is 9.10. The molecule has 0 radical (unpaired) electrons. The van der Waals surface area contributed by atoms with Crippen LogP contribution in [0.3, 0.4) is 0 Å². The average Bonchev–Trinajstić information content (AvgIpc) is 2.61. The number of amides is 2. The third-order valence-corrected chi connectivity index (χ3v) is 4.37. The Morgan fingerprint density at radius 1 is 1.08 bits per heavy atom. The van der Waals surface area contributed by atoms with Gasteiger partial charge in [-0.3, -0.25) is 9.59 Å². The van der Waals surface area contributed by atoms with E-state index in [0.29, 0.717) is 28.6 Å². The normalized spacial score (nSPS) is 10.7. The maximum atomic E-state index is 13.2. The van der Waals surface area contributed by atoms with Crippen molar-refractivity contribution in [3.8, 4) is 0 Å². The molecule has 0 aliphatic heterocycles. The average molecular weight is 378 g/mol. The summed E-state index contributed by atoms with van der Waals surface area (Å²) in [4.78, 5) is 24.8. The van der Waals surface area contributed by atoms with Gasteiger partial charge in [0.25, 0.3) is 5.91 Å². The lowest BCUT2D eigenvalue weighted by Crippen LogP contribution is -2.28. The number of halogens is 2. The lowest BCUT2D eigenvalue weighted by atomic mass is 10.1. The minimum absolute atomic E-state index is 0.00696. The Hall–Kier alpha value is -2.41. The molecule has 0 aromatic heterocycles. The Morgan fingerprint density at radius 2 is 1.81 bits per heavy atom. The first kappa shape index (κ1) is 19.9. The Bertz CT molecular complexity index is 797. The molecule has 0 aliphatic rings. The van der Waals surface area contributed by atoms with E-state index >= 15 is 0 Å². The first-order valence-electron chi connectivity index (χ1n) is 8.11. The molecule has 7 heteroatoms. The molecule has 0 heterocycles. The van der Waals surface area contributed by atoms with Gasteiger partial charge in [0.05, 0.1) is 17.0 Å². The fourth-order valence-corrected chi connectivity index (χ4v) is 2.80. The van der Waals surface area contributed by atoms with E-state index < -0.39 is 11.6 Å². The van der Waals surface area contributed by atoms with Crippen LogP contribution >= 0.6 is 11.8 Å². The highest BCUT2D eigenvalue weighted by Crippen LogP contribution is 2.21. The molecule has 0 aliphatic carbocycles. The van der Waals surface area contributed by atoms with Gasteiger partial charge in [-0.1, -0.05) is 26.0 Å². The summed E-state index contributed by atoms with van der Waals surface area (Å²) in [5.41, 5.74) is 0.781. The molecule has 138 valence electrons. The zero-order valence-electron chi connectivity index (χ0n) is 14.5. The molecule has 2 aromatic carbocycles. The van der Waals surface area contributed by atoms with Crippen molar-refractivity contribution >= 4 is 29.3 Å². The predicted molar refractivity (Wildman–Crippen MR) is 99.3 cm³/mol. The van der Waals surface area contributed by atoms with Crippen LogP contribution in [0.5, 0.6) is 0 Å². The molecule has 2 rings (SSSR count). The van der Waals surface area contributed by atoms with E-state index in [9.17, 15) is 18.4 Å². The van der Waals surface area contributed by atoms with E-state index in [1.54, 1.807) is 24.3 Å². The van der Waals surface area contributed by atoms with Crippen molar-refractivity contribution in [1.29, 1.82) is 0 Å². The van der Waals surface area contributed by atoms with Crippen LogP contribution in [0.1, 0.15) is 24.2 Å². The van der Waals surface area contributed by atoms with Crippen molar-refractivity contribution in [1.82, 2.24) is 5.32 Å². The molecule has 0 unspecified atom stereocenters. The summed E-state index contributed by atoms with van der Waals surface area (Å²) < 4.78 is 26.1. The summed E-state index contributed by atoms with van der Waals surface area (Å²) in [5.74, 6) is -2.17. The standard InChI is InChI=1S/C19H20F2N2O2S/c1-12(2)10-22-19(25)14-5-3-4-6-17(14)23-18(24)11-26-13-7-8-15(20)16(21)9-13/h3-9,12H,10-11H2,1-2H3,(H,22,25)(H,23,24). The predicted octanol–water partition coefficient (Wildman–Crippen LogP) is 4.08. The second-order valence-corrected chi connectivity index (χ2v) is 7.11. The number of para-hydroxylation sites is 1. The summed E-state index contributed by atoms with van der Waals surface area (Å²) >= 11 is 1.08. The minimum Gasteiger partial charge on any atom is -0.352 e. The number of hydrogen-bond acceptors (Lipinski definition) is 3. The number of benzene rings is 2. The largest absolute Gasteiger partial charge is 0.352 e. The number of hydrogen-bond donors (Lipinski definition) is 2. The number of carbonyl (C=O) groups excluding carboxylic acids is 2. The van der Waals surface area contributed by atoms with E-state index in [0.717, 1.165) is 23.9 Å². The maximum Gasteiger partial charge on any atom is 0.253 e. The quantitative estimate of drug-likeness (QED) is 0.714. The first-order chi connectivity index (χ1) is 12.4. The lowest BCUT2D eigenvalue weighted by molar-refractivity contribution is -0.113. The van der Waals surface area contributed by atoms with Crippen molar-refractivity contribution in [3.05, 3.63) is 59.7 Å². The zero-order chi connectivity index (χ0) is 19.1. The molecule has 4 nitrogen and oxygen atoms in total. The Balaban J connectivity index is 1.98. The van der Waals surface area contributed by atoms with Crippen molar-refractivity contribution < 1.29 is 18.4 Å². The van der Waals surface area contributed by atoms with Crippen LogP contribution in [0.15, 0.2) is 47.4 Å². The Labute approximate surface area is 155 Å². The third kappa shape index (κ3) is 5.84. The second kappa shape index (κ2) is 9.33. The second-order valence-electron chi connectivity index (χ2n) is 6.06. The highest BCUT2D eigenvalue weighted by molar-refractivity contribution is 8.00. The van der Waals surface area contributed by atoms with Gasteiger partial charge in [0.1, 0.15) is 0 Å². The molecule has 26 heavy (non-hydrogen) atoms. The molecule has 0 bridgehead atoms. The molecule has 0 saturated carbocycles. The molecule has 0 spiro atoms. The van der Waals surface area contributed by atoms with Gasteiger partial charge in [-0.25, -0.2) is 8.78 Å². The monoisotopic (exact) mass is 378 g/mol. The number of anilines is 1. The van der Waals surface area contributed by atoms with Gasteiger partial charge in [-0.15, -0.1) is 11.8 Å². The van der Waals surface area contributed by atoms with E-state index in [1.807, 2.05) is 13.8 Å². The van der Waals surface area contributed by atoms with Crippen molar-refractivity contribution in [2.24, 2.45) is 5.92 Å². The Kier molecular flexibility index (Phi) is 7.15. The van der Waals surface area contributed by atoms with Gasteiger partial charge in [0.2, 0.25) is 5.91 Å². The van der Waals surface area contributed by atoms with Crippen LogP contribution in [0.25, 0.3) is 0 Å². The fourth-order valence-electron chi connectivity index (χ4n) is 2.08. The number of rotatable bonds is 7. The molecular weight excluding hydrogens is 358 g/mol. The summed E-state index contributed by atoms with van der Waals surface area (Å²) in [6.45, 7) is 4.51. The number of thioether (sulfide) groups is 1. The summed E-state index contributed by atoms with van der Waals surface area (Å²) in [5, 5.41) is 5.50. The third-order valence-electron chi connectivity index (χ3n) is 3.38. The molecule has 2 N–H and O–H groups in total. The SMILES string of the molecule is CC(C)CNC(=O)c1ccccc1NC(=O)CSc1ccc(F)c(F)c1. The van der Waals surface area contributed by atoms with Crippen LogP contribution in [0.2, 0.25) is 0 Å².